The molecule has 0 aliphatic heterocycles. The van der Waals surface area contributed by atoms with Crippen molar-refractivity contribution in [3.8, 4) is 0 Å². The molecule has 92 valence electrons. The fourth-order valence-electron chi connectivity index (χ4n) is 1.74. The highest BCUT2D eigenvalue weighted by molar-refractivity contribution is 5.75. The lowest BCUT2D eigenvalue weighted by atomic mass is 10.0. The molecule has 0 N–H and O–H groups in total. The van der Waals surface area contributed by atoms with E-state index in [-0.39, 0.29) is 5.97 Å². The average molecular weight is 233 g/mol. The number of esters is 1. The van der Waals surface area contributed by atoms with Gasteiger partial charge >= 0.3 is 5.97 Å². The molecule has 1 aromatic carbocycles. The van der Waals surface area contributed by atoms with Gasteiger partial charge in [0, 0.05) is 19.8 Å². The summed E-state index contributed by atoms with van der Waals surface area (Å²) in [5, 5.41) is 0. The molecule has 0 saturated heterocycles. The molecule has 0 unspecified atom stereocenters. The maximum atomic E-state index is 11.4. The van der Waals surface area contributed by atoms with E-state index >= 15 is 0 Å². The molecule has 1 aromatic rings. The summed E-state index contributed by atoms with van der Waals surface area (Å²) in [4.78, 5) is 13.4. The molecule has 0 amide bonds. The van der Waals surface area contributed by atoms with Crippen molar-refractivity contribution in [2.45, 2.75) is 12.8 Å². The molecule has 17 heavy (non-hydrogen) atoms. The SMILES string of the molecule is C=CCc1ccc(N(C)C)c(CC(=O)OC)c1. The number of anilines is 1. The van der Waals surface area contributed by atoms with E-state index in [1.165, 1.54) is 7.11 Å². The van der Waals surface area contributed by atoms with E-state index < -0.39 is 0 Å². The second-order valence-electron chi connectivity index (χ2n) is 4.10. The Labute approximate surface area is 103 Å². The summed E-state index contributed by atoms with van der Waals surface area (Å²) in [7, 11) is 5.33. The lowest BCUT2D eigenvalue weighted by Gasteiger charge is -2.18. The van der Waals surface area contributed by atoms with Gasteiger partial charge in [-0.15, -0.1) is 6.58 Å². The van der Waals surface area contributed by atoms with Crippen LogP contribution in [0.4, 0.5) is 5.69 Å². The number of carbonyl (C=O) groups excluding carboxylic acids is 1. The van der Waals surface area contributed by atoms with Crippen molar-refractivity contribution < 1.29 is 9.53 Å². The second kappa shape index (κ2) is 6.09. The van der Waals surface area contributed by atoms with Gasteiger partial charge in [0.15, 0.2) is 0 Å². The van der Waals surface area contributed by atoms with Gasteiger partial charge in [0.25, 0.3) is 0 Å². The van der Waals surface area contributed by atoms with Crippen molar-refractivity contribution in [3.63, 3.8) is 0 Å². The molecule has 0 aliphatic carbocycles. The van der Waals surface area contributed by atoms with Crippen LogP contribution in [0.25, 0.3) is 0 Å². The first-order chi connectivity index (χ1) is 8.08. The highest BCUT2D eigenvalue weighted by Crippen LogP contribution is 2.21. The highest BCUT2D eigenvalue weighted by Gasteiger charge is 2.10. The third-order valence-electron chi connectivity index (χ3n) is 2.57. The number of benzene rings is 1. The number of nitrogens with zero attached hydrogens (tertiary/aromatic N) is 1. The molecule has 3 nitrogen and oxygen atoms in total. The molecule has 0 spiro atoms. The molecule has 0 heterocycles. The molecular weight excluding hydrogens is 214 g/mol. The predicted octanol–water partition coefficient (Wildman–Crippen LogP) is 2.20. The van der Waals surface area contributed by atoms with E-state index in [9.17, 15) is 4.79 Å². The Morgan fingerprint density at radius 2 is 2.18 bits per heavy atom. The Morgan fingerprint density at radius 1 is 1.47 bits per heavy atom. The minimum absolute atomic E-state index is 0.219. The van der Waals surface area contributed by atoms with Crippen LogP contribution in [0.2, 0.25) is 0 Å². The summed E-state index contributed by atoms with van der Waals surface area (Å²) in [5.41, 5.74) is 3.19. The summed E-state index contributed by atoms with van der Waals surface area (Å²) < 4.78 is 4.71. The Balaban J connectivity index is 3.06. The highest BCUT2D eigenvalue weighted by atomic mass is 16.5. The van der Waals surface area contributed by atoms with Gasteiger partial charge < -0.3 is 9.64 Å². The molecule has 0 aliphatic rings. The maximum absolute atomic E-state index is 11.4. The molecule has 0 bridgehead atoms. The zero-order valence-electron chi connectivity index (χ0n) is 10.7. The Hall–Kier alpha value is -1.77. The van der Waals surface area contributed by atoms with Gasteiger partial charge in [-0.05, 0) is 23.6 Å². The first kappa shape index (κ1) is 13.3. The van der Waals surface area contributed by atoms with Gasteiger partial charge in [-0.2, -0.15) is 0 Å². The van der Waals surface area contributed by atoms with Crippen LogP contribution in [0.5, 0.6) is 0 Å². The molecule has 3 heteroatoms. The Kier molecular flexibility index (Phi) is 4.76. The van der Waals surface area contributed by atoms with Crippen molar-refractivity contribution in [3.05, 3.63) is 42.0 Å². The molecular formula is C14H19NO2. The van der Waals surface area contributed by atoms with Crippen molar-refractivity contribution in [1.82, 2.24) is 0 Å². The van der Waals surface area contributed by atoms with Crippen molar-refractivity contribution >= 4 is 11.7 Å². The zero-order chi connectivity index (χ0) is 12.8. The summed E-state index contributed by atoms with van der Waals surface area (Å²) in [5.74, 6) is -0.219. The van der Waals surface area contributed by atoms with Gasteiger partial charge in [0.1, 0.15) is 0 Å². The number of ether oxygens (including phenoxy) is 1. The van der Waals surface area contributed by atoms with Gasteiger partial charge in [-0.25, -0.2) is 0 Å². The summed E-state index contributed by atoms with van der Waals surface area (Å²) in [6.07, 6.45) is 2.96. The van der Waals surface area contributed by atoms with Crippen LogP contribution in [-0.4, -0.2) is 27.2 Å². The van der Waals surface area contributed by atoms with Crippen LogP contribution in [0, 0.1) is 0 Å². The van der Waals surface area contributed by atoms with E-state index in [1.807, 2.05) is 37.2 Å². The zero-order valence-corrected chi connectivity index (χ0v) is 10.7. The third-order valence-corrected chi connectivity index (χ3v) is 2.57. The molecule has 0 atom stereocenters. The summed E-state index contributed by atoms with van der Waals surface area (Å²) in [6, 6.07) is 6.11. The fourth-order valence-corrected chi connectivity index (χ4v) is 1.74. The summed E-state index contributed by atoms with van der Waals surface area (Å²) in [6.45, 7) is 3.72. The lowest BCUT2D eigenvalue weighted by molar-refractivity contribution is -0.139. The van der Waals surface area contributed by atoms with Gasteiger partial charge in [0.2, 0.25) is 0 Å². The quantitative estimate of drug-likeness (QED) is 0.577. The standard InChI is InChI=1S/C14H19NO2/c1-5-6-11-7-8-13(15(2)3)12(9-11)10-14(16)17-4/h5,7-9H,1,6,10H2,2-4H3. The fraction of sp³-hybridized carbons (Fsp3) is 0.357. The van der Waals surface area contributed by atoms with Crippen LogP contribution >= 0.6 is 0 Å². The van der Waals surface area contributed by atoms with E-state index in [2.05, 4.69) is 12.6 Å². The largest absolute Gasteiger partial charge is 0.469 e. The average Bonchev–Trinajstić information content (AvgIpc) is 2.29. The van der Waals surface area contributed by atoms with Gasteiger partial charge in [-0.3, -0.25) is 4.79 Å². The van der Waals surface area contributed by atoms with E-state index in [0.717, 1.165) is 23.2 Å². The van der Waals surface area contributed by atoms with Crippen LogP contribution < -0.4 is 4.90 Å². The second-order valence-corrected chi connectivity index (χ2v) is 4.10. The van der Waals surface area contributed by atoms with Gasteiger partial charge in [-0.1, -0.05) is 18.2 Å². The van der Waals surface area contributed by atoms with Crippen molar-refractivity contribution in [1.29, 1.82) is 0 Å². The molecule has 0 aromatic heterocycles. The number of allylic oxidation sites excluding steroid dienone is 1. The van der Waals surface area contributed by atoms with Crippen LogP contribution in [0.15, 0.2) is 30.9 Å². The number of carbonyl (C=O) groups is 1. The first-order valence-electron chi connectivity index (χ1n) is 5.55. The molecule has 0 radical (unpaired) electrons. The lowest BCUT2D eigenvalue weighted by Crippen LogP contribution is -2.14. The Morgan fingerprint density at radius 3 is 2.71 bits per heavy atom. The van der Waals surface area contributed by atoms with E-state index in [1.54, 1.807) is 0 Å². The maximum Gasteiger partial charge on any atom is 0.310 e. The first-order valence-corrected chi connectivity index (χ1v) is 5.55. The van der Waals surface area contributed by atoms with E-state index in [0.29, 0.717) is 6.42 Å². The minimum Gasteiger partial charge on any atom is -0.469 e. The normalized spacial score (nSPS) is 9.82. The minimum atomic E-state index is -0.219. The monoisotopic (exact) mass is 233 g/mol. The summed E-state index contributed by atoms with van der Waals surface area (Å²) >= 11 is 0. The van der Waals surface area contributed by atoms with Crippen LogP contribution in [-0.2, 0) is 22.4 Å². The molecule has 0 fully saturated rings. The number of hydrogen-bond acceptors (Lipinski definition) is 3. The smallest absolute Gasteiger partial charge is 0.310 e. The van der Waals surface area contributed by atoms with Crippen molar-refractivity contribution in [2.75, 3.05) is 26.1 Å². The predicted molar refractivity (Wildman–Crippen MR) is 70.4 cm³/mol. The Bertz CT molecular complexity index is 411. The number of rotatable bonds is 5. The number of hydrogen-bond donors (Lipinski definition) is 0. The van der Waals surface area contributed by atoms with Gasteiger partial charge in [0.05, 0.1) is 13.5 Å². The third kappa shape index (κ3) is 3.63. The topological polar surface area (TPSA) is 29.5 Å². The number of methoxy groups -OCH3 is 1. The molecule has 1 rings (SSSR count). The van der Waals surface area contributed by atoms with Crippen LogP contribution in [0.3, 0.4) is 0 Å². The molecule has 0 saturated carbocycles. The van der Waals surface area contributed by atoms with E-state index in [4.69, 9.17) is 4.74 Å². The van der Waals surface area contributed by atoms with Crippen LogP contribution in [0.1, 0.15) is 11.1 Å². The van der Waals surface area contributed by atoms with Crippen molar-refractivity contribution in [2.24, 2.45) is 0 Å².